The molecule has 0 saturated carbocycles. The molecule has 2 aromatic carbocycles. The summed E-state index contributed by atoms with van der Waals surface area (Å²) in [7, 11) is 1.67. The molecule has 2 aromatic heterocycles. The lowest BCUT2D eigenvalue weighted by Crippen LogP contribution is -2.12. The second kappa shape index (κ2) is 8.87. The zero-order valence-corrected chi connectivity index (χ0v) is 19.7. The number of thiophene rings is 1. The highest BCUT2D eigenvalue weighted by molar-refractivity contribution is 7.21. The minimum Gasteiger partial charge on any atom is -0.497 e. The number of rotatable bonds is 4. The van der Waals surface area contributed by atoms with Crippen LogP contribution in [0.5, 0.6) is 5.75 Å². The molecule has 0 spiro atoms. The summed E-state index contributed by atoms with van der Waals surface area (Å²) < 4.78 is 5.36. The minimum absolute atomic E-state index is 0.199. The third kappa shape index (κ3) is 4.07. The Labute approximate surface area is 197 Å². The Kier molecular flexibility index (Phi) is 5.77. The van der Waals surface area contributed by atoms with Crippen LogP contribution in [-0.2, 0) is 12.8 Å². The molecule has 5 nitrogen and oxygen atoms in total. The second-order valence-electron chi connectivity index (χ2n) is 8.55. The number of carbonyl (C=O) groups excluding carboxylic acids is 1. The van der Waals surface area contributed by atoms with E-state index in [0.717, 1.165) is 69.7 Å². The van der Waals surface area contributed by atoms with Gasteiger partial charge in [-0.2, -0.15) is 0 Å². The van der Waals surface area contributed by atoms with Crippen LogP contribution in [0.4, 0.5) is 11.4 Å². The van der Waals surface area contributed by atoms with Gasteiger partial charge in [-0.3, -0.25) is 4.79 Å². The third-order valence-electron chi connectivity index (χ3n) is 6.30. The standard InChI is InChI=1S/C27H27N3O2S/c1-16-8-12-18(13-9-16)29-26(31)25-24(28)23-22(17-10-14-19(32-2)15-11-17)20-6-4-3-5-7-21(20)30-27(23)33-25/h8-15H,3-7,28H2,1-2H3,(H,29,31). The summed E-state index contributed by atoms with van der Waals surface area (Å²) in [5, 5.41) is 3.88. The van der Waals surface area contributed by atoms with E-state index in [9.17, 15) is 4.79 Å². The molecule has 4 aromatic rings. The summed E-state index contributed by atoms with van der Waals surface area (Å²) in [6.07, 6.45) is 5.39. The summed E-state index contributed by atoms with van der Waals surface area (Å²) in [5.74, 6) is 0.613. The van der Waals surface area contributed by atoms with Gasteiger partial charge >= 0.3 is 0 Å². The first-order valence-corrected chi connectivity index (χ1v) is 12.1. The highest BCUT2D eigenvalue weighted by Gasteiger charge is 2.25. The van der Waals surface area contributed by atoms with Crippen molar-refractivity contribution in [3.63, 3.8) is 0 Å². The van der Waals surface area contributed by atoms with Crippen LogP contribution in [-0.4, -0.2) is 18.0 Å². The Morgan fingerprint density at radius 1 is 1.03 bits per heavy atom. The third-order valence-corrected chi connectivity index (χ3v) is 7.40. The molecule has 5 rings (SSSR count). The second-order valence-corrected chi connectivity index (χ2v) is 9.55. The number of methoxy groups -OCH3 is 1. The van der Waals surface area contributed by atoms with Gasteiger partial charge in [0.15, 0.2) is 0 Å². The van der Waals surface area contributed by atoms with Crippen LogP contribution < -0.4 is 15.8 Å². The van der Waals surface area contributed by atoms with E-state index in [1.54, 1.807) is 7.11 Å². The molecule has 0 unspecified atom stereocenters. The summed E-state index contributed by atoms with van der Waals surface area (Å²) in [5.41, 5.74) is 13.7. The number of hydrogen-bond donors (Lipinski definition) is 2. The fourth-order valence-electron chi connectivity index (χ4n) is 4.55. The van der Waals surface area contributed by atoms with Crippen molar-refractivity contribution in [2.45, 2.75) is 39.0 Å². The Morgan fingerprint density at radius 3 is 2.48 bits per heavy atom. The van der Waals surface area contributed by atoms with Gasteiger partial charge in [0.2, 0.25) is 0 Å². The zero-order chi connectivity index (χ0) is 22.9. The van der Waals surface area contributed by atoms with Crippen molar-refractivity contribution in [1.29, 1.82) is 0 Å². The summed E-state index contributed by atoms with van der Waals surface area (Å²) in [4.78, 5) is 19.5. The van der Waals surface area contributed by atoms with Crippen LogP contribution in [0.25, 0.3) is 21.3 Å². The average molecular weight is 458 g/mol. The largest absolute Gasteiger partial charge is 0.497 e. The molecule has 0 fully saturated rings. The number of nitrogens with zero attached hydrogens (tertiary/aromatic N) is 1. The van der Waals surface area contributed by atoms with Gasteiger partial charge in [0.05, 0.1) is 12.8 Å². The lowest BCUT2D eigenvalue weighted by Gasteiger charge is -2.15. The smallest absolute Gasteiger partial charge is 0.267 e. The van der Waals surface area contributed by atoms with Crippen molar-refractivity contribution in [2.24, 2.45) is 0 Å². The molecule has 0 saturated heterocycles. The fourth-order valence-corrected chi connectivity index (χ4v) is 5.57. The van der Waals surface area contributed by atoms with Crippen molar-refractivity contribution < 1.29 is 9.53 Å². The zero-order valence-electron chi connectivity index (χ0n) is 18.9. The van der Waals surface area contributed by atoms with Gasteiger partial charge in [0.1, 0.15) is 15.5 Å². The molecular weight excluding hydrogens is 430 g/mol. The Bertz CT molecular complexity index is 1320. The molecule has 3 N–H and O–H groups in total. The van der Waals surface area contributed by atoms with Crippen LogP contribution in [0.3, 0.4) is 0 Å². The van der Waals surface area contributed by atoms with Gasteiger partial charge in [-0.15, -0.1) is 11.3 Å². The first kappa shape index (κ1) is 21.5. The van der Waals surface area contributed by atoms with Crippen molar-refractivity contribution in [2.75, 3.05) is 18.2 Å². The fraction of sp³-hybridized carbons (Fsp3) is 0.259. The average Bonchev–Trinajstić information content (AvgIpc) is 2.99. The van der Waals surface area contributed by atoms with Gasteiger partial charge in [-0.1, -0.05) is 36.2 Å². The number of anilines is 2. The van der Waals surface area contributed by atoms with Crippen LogP contribution in [0.2, 0.25) is 0 Å². The van der Waals surface area contributed by atoms with Gasteiger partial charge < -0.3 is 15.8 Å². The topological polar surface area (TPSA) is 77.2 Å². The van der Waals surface area contributed by atoms with Crippen molar-refractivity contribution >= 4 is 38.8 Å². The molecule has 168 valence electrons. The number of fused-ring (bicyclic) bond motifs is 2. The van der Waals surface area contributed by atoms with Crippen LogP contribution in [0.1, 0.15) is 45.8 Å². The highest BCUT2D eigenvalue weighted by Crippen LogP contribution is 2.44. The van der Waals surface area contributed by atoms with E-state index in [2.05, 4.69) is 17.4 Å². The van der Waals surface area contributed by atoms with Gasteiger partial charge in [0, 0.05) is 16.8 Å². The molecule has 6 heteroatoms. The van der Waals surface area contributed by atoms with Crippen molar-refractivity contribution in [3.05, 3.63) is 70.2 Å². The van der Waals surface area contributed by atoms with Gasteiger partial charge in [-0.05, 0) is 73.6 Å². The lowest BCUT2D eigenvalue weighted by molar-refractivity contribution is 0.103. The molecule has 0 radical (unpaired) electrons. The number of benzene rings is 2. The monoisotopic (exact) mass is 457 g/mol. The predicted octanol–water partition coefficient (Wildman–Crippen LogP) is 6.38. The molecule has 1 aliphatic rings. The summed E-state index contributed by atoms with van der Waals surface area (Å²) >= 11 is 1.38. The molecule has 33 heavy (non-hydrogen) atoms. The summed E-state index contributed by atoms with van der Waals surface area (Å²) in [6, 6.07) is 15.8. The van der Waals surface area contributed by atoms with Crippen molar-refractivity contribution in [3.8, 4) is 16.9 Å². The Morgan fingerprint density at radius 2 is 1.76 bits per heavy atom. The van der Waals surface area contributed by atoms with E-state index < -0.39 is 0 Å². The Balaban J connectivity index is 1.66. The number of ether oxygens (including phenoxy) is 1. The van der Waals surface area contributed by atoms with Crippen LogP contribution >= 0.6 is 11.3 Å². The number of carbonyl (C=O) groups is 1. The number of nitrogen functional groups attached to an aromatic ring is 1. The number of aromatic nitrogens is 1. The van der Waals surface area contributed by atoms with E-state index in [1.165, 1.54) is 23.3 Å². The van der Waals surface area contributed by atoms with Crippen molar-refractivity contribution in [1.82, 2.24) is 4.98 Å². The summed E-state index contributed by atoms with van der Waals surface area (Å²) in [6.45, 7) is 2.02. The Hall–Kier alpha value is -3.38. The first-order chi connectivity index (χ1) is 16.0. The van der Waals surface area contributed by atoms with E-state index in [0.29, 0.717) is 10.6 Å². The van der Waals surface area contributed by atoms with Gasteiger partial charge in [-0.25, -0.2) is 4.98 Å². The molecule has 1 amide bonds. The van der Waals surface area contributed by atoms with Crippen LogP contribution in [0.15, 0.2) is 48.5 Å². The number of nitrogens with one attached hydrogen (secondary N) is 1. The predicted molar refractivity (Wildman–Crippen MR) is 136 cm³/mol. The van der Waals surface area contributed by atoms with E-state index in [1.807, 2.05) is 43.3 Å². The first-order valence-electron chi connectivity index (χ1n) is 11.3. The molecule has 1 aliphatic carbocycles. The molecule has 0 aliphatic heterocycles. The molecular formula is C27H27N3O2S. The number of aryl methyl sites for hydroxylation is 2. The quantitative estimate of drug-likeness (QED) is 0.348. The van der Waals surface area contributed by atoms with Crippen LogP contribution in [0, 0.1) is 6.92 Å². The maximum Gasteiger partial charge on any atom is 0.267 e. The SMILES string of the molecule is COc1ccc(-c2c3c(nc4sc(C(=O)Nc5ccc(C)cc5)c(N)c24)CCCCC3)cc1. The van der Waals surface area contributed by atoms with E-state index in [4.69, 9.17) is 15.5 Å². The maximum absolute atomic E-state index is 13.2. The molecule has 0 bridgehead atoms. The van der Waals surface area contributed by atoms with Gasteiger partial charge in [0.25, 0.3) is 5.91 Å². The molecule has 0 atom stereocenters. The number of amides is 1. The van der Waals surface area contributed by atoms with E-state index >= 15 is 0 Å². The van der Waals surface area contributed by atoms with E-state index in [-0.39, 0.29) is 5.91 Å². The highest BCUT2D eigenvalue weighted by atomic mass is 32.1. The maximum atomic E-state index is 13.2. The minimum atomic E-state index is -0.199. The normalized spacial score (nSPS) is 13.4. The number of pyridine rings is 1. The number of nitrogens with two attached hydrogens (primary N) is 1. The molecule has 2 heterocycles. The lowest BCUT2D eigenvalue weighted by atomic mass is 9.92. The number of hydrogen-bond acceptors (Lipinski definition) is 5.